The maximum atomic E-state index is 10.2. The third kappa shape index (κ3) is 3.00. The smallest absolute Gasteiger partial charge is 0.0634 e. The third-order valence-electron chi connectivity index (χ3n) is 4.92. The van der Waals surface area contributed by atoms with Crippen molar-refractivity contribution in [2.24, 2.45) is 5.92 Å². The summed E-state index contributed by atoms with van der Waals surface area (Å²) in [6, 6.07) is 2.53. The summed E-state index contributed by atoms with van der Waals surface area (Å²) >= 11 is 6.24. The molecule has 4 heteroatoms. The van der Waals surface area contributed by atoms with Crippen LogP contribution in [0.5, 0.6) is 0 Å². The molecule has 1 aromatic heterocycles. The molecule has 20 heavy (non-hydrogen) atoms. The minimum absolute atomic E-state index is 0.103. The van der Waals surface area contributed by atoms with Crippen LogP contribution in [0.1, 0.15) is 44.1 Å². The molecule has 3 nitrogen and oxygen atoms in total. The van der Waals surface area contributed by atoms with Crippen molar-refractivity contribution in [1.29, 1.82) is 0 Å². The Morgan fingerprint density at radius 2 is 2.15 bits per heavy atom. The highest BCUT2D eigenvalue weighted by Gasteiger charge is 2.36. The number of aromatic nitrogens is 1. The zero-order chi connectivity index (χ0) is 13.9. The van der Waals surface area contributed by atoms with Crippen LogP contribution in [0, 0.1) is 5.92 Å². The van der Waals surface area contributed by atoms with Gasteiger partial charge in [-0.25, -0.2) is 0 Å². The van der Waals surface area contributed by atoms with Gasteiger partial charge in [0.15, 0.2) is 0 Å². The van der Waals surface area contributed by atoms with Crippen molar-refractivity contribution >= 4 is 11.6 Å². The molecule has 0 bridgehead atoms. The van der Waals surface area contributed by atoms with E-state index in [-0.39, 0.29) is 6.10 Å². The molecular formula is C16H23ClN2O. The standard InChI is InChI=1S/C16H23ClN2O/c17-14-10-18-8-7-12(14)11-19-9-2-1-5-15(19)13-4-3-6-16(13)20/h7-8,10,13,15-16,20H,1-6,9,11H2. The second kappa shape index (κ2) is 6.42. The van der Waals surface area contributed by atoms with Crippen molar-refractivity contribution in [1.82, 2.24) is 9.88 Å². The monoisotopic (exact) mass is 294 g/mol. The van der Waals surface area contributed by atoms with Crippen molar-refractivity contribution < 1.29 is 5.11 Å². The molecular weight excluding hydrogens is 272 g/mol. The van der Waals surface area contributed by atoms with E-state index in [2.05, 4.69) is 9.88 Å². The van der Waals surface area contributed by atoms with Crippen molar-refractivity contribution in [3.05, 3.63) is 29.0 Å². The fourth-order valence-corrected chi connectivity index (χ4v) is 4.05. The fraction of sp³-hybridized carbons (Fsp3) is 0.688. The van der Waals surface area contributed by atoms with Crippen LogP contribution in [0.15, 0.2) is 18.5 Å². The first-order valence-electron chi connectivity index (χ1n) is 7.76. The highest BCUT2D eigenvalue weighted by Crippen LogP contribution is 2.36. The molecule has 2 fully saturated rings. The number of pyridine rings is 1. The Labute approximate surface area is 126 Å². The highest BCUT2D eigenvalue weighted by atomic mass is 35.5. The number of nitrogens with zero attached hydrogens (tertiary/aromatic N) is 2. The molecule has 1 aromatic rings. The first-order valence-corrected chi connectivity index (χ1v) is 8.14. The van der Waals surface area contributed by atoms with E-state index in [0.717, 1.165) is 30.1 Å². The molecule has 1 aliphatic heterocycles. The molecule has 3 rings (SSSR count). The maximum absolute atomic E-state index is 10.2. The number of piperidine rings is 1. The summed E-state index contributed by atoms with van der Waals surface area (Å²) in [4.78, 5) is 6.59. The zero-order valence-corrected chi connectivity index (χ0v) is 12.6. The Bertz CT molecular complexity index is 454. The second-order valence-electron chi connectivity index (χ2n) is 6.16. The molecule has 0 aromatic carbocycles. The lowest BCUT2D eigenvalue weighted by atomic mass is 9.87. The molecule has 1 aliphatic carbocycles. The van der Waals surface area contributed by atoms with Crippen LogP contribution in [0.4, 0.5) is 0 Å². The van der Waals surface area contributed by atoms with Crippen LogP contribution in [-0.2, 0) is 6.54 Å². The zero-order valence-electron chi connectivity index (χ0n) is 11.8. The Balaban J connectivity index is 1.74. The highest BCUT2D eigenvalue weighted by molar-refractivity contribution is 6.31. The van der Waals surface area contributed by atoms with Gasteiger partial charge in [-0.3, -0.25) is 9.88 Å². The normalized spacial score (nSPS) is 31.6. The van der Waals surface area contributed by atoms with E-state index in [4.69, 9.17) is 11.6 Å². The molecule has 0 radical (unpaired) electrons. The SMILES string of the molecule is OC1CCCC1C1CCCCN1Cc1ccncc1Cl. The van der Waals surface area contributed by atoms with E-state index < -0.39 is 0 Å². The largest absolute Gasteiger partial charge is 0.393 e. The summed E-state index contributed by atoms with van der Waals surface area (Å²) in [5.74, 6) is 0.455. The van der Waals surface area contributed by atoms with Gasteiger partial charge in [0.2, 0.25) is 0 Å². The van der Waals surface area contributed by atoms with Gasteiger partial charge < -0.3 is 5.11 Å². The van der Waals surface area contributed by atoms with E-state index in [1.54, 1.807) is 6.20 Å². The molecule has 2 aliphatic rings. The molecule has 3 atom stereocenters. The van der Waals surface area contributed by atoms with Crippen LogP contribution in [0.3, 0.4) is 0 Å². The lowest BCUT2D eigenvalue weighted by Gasteiger charge is -2.40. The van der Waals surface area contributed by atoms with Crippen LogP contribution in [0.25, 0.3) is 0 Å². The number of aliphatic hydroxyl groups is 1. The van der Waals surface area contributed by atoms with E-state index >= 15 is 0 Å². The predicted octanol–water partition coefficient (Wildman–Crippen LogP) is 3.25. The van der Waals surface area contributed by atoms with Crippen LogP contribution in [0.2, 0.25) is 5.02 Å². The van der Waals surface area contributed by atoms with Crippen LogP contribution >= 0.6 is 11.6 Å². The van der Waals surface area contributed by atoms with E-state index in [0.29, 0.717) is 12.0 Å². The fourth-order valence-electron chi connectivity index (χ4n) is 3.87. The molecule has 2 heterocycles. The van der Waals surface area contributed by atoms with Gasteiger partial charge in [-0.1, -0.05) is 24.4 Å². The van der Waals surface area contributed by atoms with Gasteiger partial charge in [0, 0.05) is 30.9 Å². The Morgan fingerprint density at radius 3 is 2.90 bits per heavy atom. The molecule has 1 saturated carbocycles. The van der Waals surface area contributed by atoms with Crippen LogP contribution < -0.4 is 0 Å². The van der Waals surface area contributed by atoms with Gasteiger partial charge in [0.05, 0.1) is 11.1 Å². The quantitative estimate of drug-likeness (QED) is 0.930. The summed E-state index contributed by atoms with van der Waals surface area (Å²) in [7, 11) is 0. The minimum atomic E-state index is -0.103. The van der Waals surface area contributed by atoms with Gasteiger partial charge in [-0.15, -0.1) is 0 Å². The first kappa shape index (κ1) is 14.3. The average Bonchev–Trinajstić information content (AvgIpc) is 2.88. The van der Waals surface area contributed by atoms with Gasteiger partial charge in [0.25, 0.3) is 0 Å². The van der Waals surface area contributed by atoms with Crippen molar-refractivity contribution in [2.75, 3.05) is 6.54 Å². The Morgan fingerprint density at radius 1 is 1.25 bits per heavy atom. The van der Waals surface area contributed by atoms with E-state index in [9.17, 15) is 5.11 Å². The molecule has 0 spiro atoms. The number of rotatable bonds is 3. The van der Waals surface area contributed by atoms with Gasteiger partial charge >= 0.3 is 0 Å². The number of likely N-dealkylation sites (tertiary alicyclic amines) is 1. The number of aliphatic hydroxyl groups excluding tert-OH is 1. The van der Waals surface area contributed by atoms with Crippen LogP contribution in [-0.4, -0.2) is 33.7 Å². The molecule has 3 unspecified atom stereocenters. The van der Waals surface area contributed by atoms with Gasteiger partial charge in [-0.05, 0) is 43.9 Å². The summed E-state index contributed by atoms with van der Waals surface area (Å²) in [6.07, 6.45) is 10.5. The van der Waals surface area contributed by atoms with E-state index in [1.807, 2.05) is 12.3 Å². The summed E-state index contributed by atoms with van der Waals surface area (Å²) in [6.45, 7) is 2.00. The lowest BCUT2D eigenvalue weighted by molar-refractivity contribution is 0.0313. The molecule has 1 saturated heterocycles. The predicted molar refractivity (Wildman–Crippen MR) is 80.6 cm³/mol. The van der Waals surface area contributed by atoms with Crippen molar-refractivity contribution in [3.8, 4) is 0 Å². The lowest BCUT2D eigenvalue weighted by Crippen LogP contribution is -2.45. The topological polar surface area (TPSA) is 36.4 Å². The van der Waals surface area contributed by atoms with Crippen molar-refractivity contribution in [2.45, 2.75) is 57.2 Å². The first-order chi connectivity index (χ1) is 9.75. The maximum Gasteiger partial charge on any atom is 0.0634 e. The average molecular weight is 295 g/mol. The number of halogens is 1. The molecule has 0 amide bonds. The van der Waals surface area contributed by atoms with Gasteiger partial charge in [-0.2, -0.15) is 0 Å². The van der Waals surface area contributed by atoms with Crippen molar-refractivity contribution in [3.63, 3.8) is 0 Å². The number of hydrogen-bond acceptors (Lipinski definition) is 3. The molecule has 1 N–H and O–H groups in total. The van der Waals surface area contributed by atoms with Gasteiger partial charge in [0.1, 0.15) is 0 Å². The third-order valence-corrected chi connectivity index (χ3v) is 5.26. The summed E-state index contributed by atoms with van der Waals surface area (Å²) in [5, 5.41) is 11.0. The second-order valence-corrected chi connectivity index (χ2v) is 6.57. The summed E-state index contributed by atoms with van der Waals surface area (Å²) in [5.41, 5.74) is 1.15. The number of hydrogen-bond donors (Lipinski definition) is 1. The van der Waals surface area contributed by atoms with E-state index in [1.165, 1.54) is 32.1 Å². The Hall–Kier alpha value is -0.640. The minimum Gasteiger partial charge on any atom is -0.393 e. The molecule has 110 valence electrons. The Kier molecular flexibility index (Phi) is 4.59. The summed E-state index contributed by atoms with van der Waals surface area (Å²) < 4.78 is 0.